The van der Waals surface area contributed by atoms with E-state index in [-0.39, 0.29) is 0 Å². The monoisotopic (exact) mass is 257 g/mol. The van der Waals surface area contributed by atoms with Gasteiger partial charge in [0.15, 0.2) is 5.58 Å². The predicted octanol–water partition coefficient (Wildman–Crippen LogP) is 4.24. The first-order valence-corrected chi connectivity index (χ1v) is 5.92. The molecule has 16 heavy (non-hydrogen) atoms. The normalized spacial score (nSPS) is 11.6. The third kappa shape index (κ3) is 2.34. The average molecular weight is 258 g/mol. The summed E-state index contributed by atoms with van der Waals surface area (Å²) in [5.74, 6) is 0. The molecule has 0 aliphatic rings. The predicted molar refractivity (Wildman–Crippen MR) is 68.2 cm³/mol. The van der Waals surface area contributed by atoms with Crippen LogP contribution in [-0.2, 0) is 6.54 Å². The maximum absolute atomic E-state index is 6.04. The van der Waals surface area contributed by atoms with Crippen LogP contribution in [0.1, 0.15) is 19.4 Å². The van der Waals surface area contributed by atoms with Crippen molar-refractivity contribution < 1.29 is 4.42 Å². The summed E-state index contributed by atoms with van der Waals surface area (Å²) in [5, 5.41) is 5.49. The Kier molecular flexibility index (Phi) is 3.43. The van der Waals surface area contributed by atoms with Crippen molar-refractivity contribution in [2.24, 2.45) is 0 Å². The molecule has 0 amide bonds. The number of hydrogen-bond donors (Lipinski definition) is 1. The molecule has 0 atom stereocenters. The summed E-state index contributed by atoms with van der Waals surface area (Å²) < 4.78 is 5.44. The van der Waals surface area contributed by atoms with Crippen LogP contribution in [0.25, 0.3) is 11.0 Å². The maximum Gasteiger partial charge on any atom is 0.152 e. The molecule has 0 saturated heterocycles. The van der Waals surface area contributed by atoms with Gasteiger partial charge in [-0.15, -0.1) is 0 Å². The Balaban J connectivity index is 2.40. The van der Waals surface area contributed by atoms with Gasteiger partial charge >= 0.3 is 0 Å². The van der Waals surface area contributed by atoms with Crippen molar-refractivity contribution in [3.05, 3.63) is 34.0 Å². The maximum atomic E-state index is 6.04. The fraction of sp³-hybridized carbons (Fsp3) is 0.333. The van der Waals surface area contributed by atoms with Crippen LogP contribution in [0.2, 0.25) is 10.0 Å². The van der Waals surface area contributed by atoms with E-state index in [2.05, 4.69) is 19.2 Å². The van der Waals surface area contributed by atoms with E-state index in [1.807, 2.05) is 6.07 Å². The lowest BCUT2D eigenvalue weighted by Crippen LogP contribution is -2.21. The number of fused-ring (bicyclic) bond motifs is 1. The van der Waals surface area contributed by atoms with Gasteiger partial charge in [-0.1, -0.05) is 37.0 Å². The Morgan fingerprint density at radius 1 is 1.31 bits per heavy atom. The van der Waals surface area contributed by atoms with E-state index in [4.69, 9.17) is 27.6 Å². The molecule has 2 nitrogen and oxygen atoms in total. The van der Waals surface area contributed by atoms with Crippen LogP contribution in [0, 0.1) is 0 Å². The van der Waals surface area contributed by atoms with Gasteiger partial charge in [0.25, 0.3) is 0 Å². The van der Waals surface area contributed by atoms with Crippen LogP contribution in [-0.4, -0.2) is 6.04 Å². The van der Waals surface area contributed by atoms with E-state index in [1.54, 1.807) is 12.3 Å². The Bertz CT molecular complexity index is 505. The van der Waals surface area contributed by atoms with Crippen LogP contribution in [0.3, 0.4) is 0 Å². The summed E-state index contributed by atoms with van der Waals surface area (Å²) >= 11 is 12.0. The van der Waals surface area contributed by atoms with Crippen LogP contribution in [0.15, 0.2) is 22.8 Å². The molecule has 1 aromatic carbocycles. The molecule has 2 aromatic rings. The highest BCUT2D eigenvalue weighted by Gasteiger charge is 2.10. The van der Waals surface area contributed by atoms with E-state index >= 15 is 0 Å². The first kappa shape index (κ1) is 11.8. The second-order valence-electron chi connectivity index (χ2n) is 4.06. The van der Waals surface area contributed by atoms with Crippen LogP contribution >= 0.6 is 23.2 Å². The van der Waals surface area contributed by atoms with Crippen molar-refractivity contribution in [1.82, 2.24) is 5.32 Å². The standard InChI is InChI=1S/C12H13Cl2NO/c1-7(2)15-5-8-6-16-12-10(8)3-9(13)4-11(12)14/h3-4,6-7,15H,5H2,1-2H3. The number of halogens is 2. The van der Waals surface area contributed by atoms with E-state index in [0.717, 1.165) is 17.5 Å². The first-order chi connectivity index (χ1) is 7.58. The summed E-state index contributed by atoms with van der Waals surface area (Å²) in [4.78, 5) is 0. The molecular formula is C12H13Cl2NO. The third-order valence-electron chi connectivity index (χ3n) is 2.37. The van der Waals surface area contributed by atoms with Crippen molar-refractivity contribution in [1.29, 1.82) is 0 Å². The fourth-order valence-corrected chi connectivity index (χ4v) is 2.10. The highest BCUT2D eigenvalue weighted by atomic mass is 35.5. The molecule has 86 valence electrons. The fourth-order valence-electron chi connectivity index (χ4n) is 1.56. The molecule has 0 radical (unpaired) electrons. The van der Waals surface area contributed by atoms with Crippen molar-refractivity contribution in [3.8, 4) is 0 Å². The zero-order valence-electron chi connectivity index (χ0n) is 9.18. The molecule has 0 bridgehead atoms. The van der Waals surface area contributed by atoms with Crippen LogP contribution in [0.5, 0.6) is 0 Å². The minimum atomic E-state index is 0.430. The summed E-state index contributed by atoms with van der Waals surface area (Å²) in [6.45, 7) is 4.95. The van der Waals surface area contributed by atoms with E-state index in [1.165, 1.54) is 0 Å². The summed E-state index contributed by atoms with van der Waals surface area (Å²) in [7, 11) is 0. The Morgan fingerprint density at radius 2 is 2.06 bits per heavy atom. The van der Waals surface area contributed by atoms with Crippen molar-refractivity contribution in [2.75, 3.05) is 0 Å². The van der Waals surface area contributed by atoms with Gasteiger partial charge in [0.1, 0.15) is 0 Å². The topological polar surface area (TPSA) is 25.2 Å². The van der Waals surface area contributed by atoms with Gasteiger partial charge < -0.3 is 9.73 Å². The number of benzene rings is 1. The zero-order valence-corrected chi connectivity index (χ0v) is 10.7. The van der Waals surface area contributed by atoms with Gasteiger partial charge in [-0.3, -0.25) is 0 Å². The molecule has 0 spiro atoms. The highest BCUT2D eigenvalue weighted by Crippen LogP contribution is 2.31. The summed E-state index contributed by atoms with van der Waals surface area (Å²) in [5.41, 5.74) is 1.78. The van der Waals surface area contributed by atoms with Gasteiger partial charge in [-0.05, 0) is 12.1 Å². The van der Waals surface area contributed by atoms with E-state index in [9.17, 15) is 0 Å². The molecule has 1 N–H and O–H groups in total. The minimum absolute atomic E-state index is 0.430. The second kappa shape index (κ2) is 4.66. The highest BCUT2D eigenvalue weighted by molar-refractivity contribution is 6.38. The molecule has 0 unspecified atom stereocenters. The Hall–Kier alpha value is -0.700. The second-order valence-corrected chi connectivity index (χ2v) is 4.90. The van der Waals surface area contributed by atoms with E-state index in [0.29, 0.717) is 21.7 Å². The van der Waals surface area contributed by atoms with Crippen molar-refractivity contribution in [2.45, 2.75) is 26.4 Å². The van der Waals surface area contributed by atoms with Crippen LogP contribution < -0.4 is 5.32 Å². The van der Waals surface area contributed by atoms with Crippen molar-refractivity contribution in [3.63, 3.8) is 0 Å². The Labute approximate surface area is 105 Å². The molecule has 0 aliphatic heterocycles. The molecule has 2 rings (SSSR count). The van der Waals surface area contributed by atoms with Gasteiger partial charge in [0.2, 0.25) is 0 Å². The third-order valence-corrected chi connectivity index (χ3v) is 2.87. The summed E-state index contributed by atoms with van der Waals surface area (Å²) in [6.07, 6.45) is 1.72. The molecule has 1 aromatic heterocycles. The Morgan fingerprint density at radius 3 is 2.75 bits per heavy atom. The smallest absolute Gasteiger partial charge is 0.152 e. The molecule has 0 saturated carbocycles. The van der Waals surface area contributed by atoms with Crippen LogP contribution in [0.4, 0.5) is 0 Å². The van der Waals surface area contributed by atoms with Gasteiger partial charge in [-0.2, -0.15) is 0 Å². The molecule has 0 aliphatic carbocycles. The largest absolute Gasteiger partial charge is 0.462 e. The zero-order chi connectivity index (χ0) is 11.7. The SMILES string of the molecule is CC(C)NCc1coc2c(Cl)cc(Cl)cc12. The lowest BCUT2D eigenvalue weighted by molar-refractivity contribution is 0.572. The molecule has 0 fully saturated rings. The number of nitrogens with one attached hydrogen (secondary N) is 1. The molecular weight excluding hydrogens is 245 g/mol. The summed E-state index contributed by atoms with van der Waals surface area (Å²) in [6, 6.07) is 4.00. The minimum Gasteiger partial charge on any atom is -0.462 e. The first-order valence-electron chi connectivity index (χ1n) is 5.16. The van der Waals surface area contributed by atoms with Crippen molar-refractivity contribution >= 4 is 34.2 Å². The van der Waals surface area contributed by atoms with Gasteiger partial charge in [-0.25, -0.2) is 0 Å². The molecule has 1 heterocycles. The average Bonchev–Trinajstić information content (AvgIpc) is 2.58. The van der Waals surface area contributed by atoms with E-state index < -0.39 is 0 Å². The van der Waals surface area contributed by atoms with Gasteiger partial charge in [0, 0.05) is 28.6 Å². The number of rotatable bonds is 3. The number of furan rings is 1. The van der Waals surface area contributed by atoms with Gasteiger partial charge in [0.05, 0.1) is 11.3 Å². The lowest BCUT2D eigenvalue weighted by atomic mass is 10.1. The number of hydrogen-bond acceptors (Lipinski definition) is 2. The molecule has 4 heteroatoms. The quantitative estimate of drug-likeness (QED) is 0.890. The lowest BCUT2D eigenvalue weighted by Gasteiger charge is -2.06.